The molecule has 0 fully saturated rings. The Morgan fingerprint density at radius 2 is 1.82 bits per heavy atom. The summed E-state index contributed by atoms with van der Waals surface area (Å²) >= 11 is 0. The van der Waals surface area contributed by atoms with E-state index >= 15 is 0 Å². The number of hydrogen-bond acceptors (Lipinski definition) is 2. The van der Waals surface area contributed by atoms with Crippen LogP contribution in [0.25, 0.3) is 0 Å². The first-order valence-electron chi connectivity index (χ1n) is 5.99. The predicted octanol–water partition coefficient (Wildman–Crippen LogP) is 1.97. The Bertz CT molecular complexity index is 388. The van der Waals surface area contributed by atoms with Gasteiger partial charge in [-0.05, 0) is 44.4 Å². The van der Waals surface area contributed by atoms with Crippen molar-refractivity contribution < 1.29 is 4.79 Å². The standard InChI is InChI=1S/C14H22N2O/c1-9-5-10(2)13(11(3)6-9)8-16-14(17)7-12(4)15/h5-6,12H,7-8,15H2,1-4H3,(H,16,17). The number of aryl methyl sites for hydroxylation is 3. The van der Waals surface area contributed by atoms with Crippen LogP contribution >= 0.6 is 0 Å². The molecular weight excluding hydrogens is 212 g/mol. The molecule has 0 heterocycles. The lowest BCUT2D eigenvalue weighted by atomic mass is 10.00. The van der Waals surface area contributed by atoms with E-state index in [1.807, 2.05) is 6.92 Å². The lowest BCUT2D eigenvalue weighted by Gasteiger charge is -2.13. The third-order valence-electron chi connectivity index (χ3n) is 2.81. The number of carbonyl (C=O) groups excluding carboxylic acids is 1. The zero-order valence-electron chi connectivity index (χ0n) is 11.1. The summed E-state index contributed by atoms with van der Waals surface area (Å²) in [7, 11) is 0. The zero-order valence-corrected chi connectivity index (χ0v) is 11.1. The summed E-state index contributed by atoms with van der Waals surface area (Å²) in [5.74, 6) is 0.0133. The Morgan fingerprint density at radius 1 is 1.29 bits per heavy atom. The fourth-order valence-electron chi connectivity index (χ4n) is 2.04. The molecule has 0 spiro atoms. The summed E-state index contributed by atoms with van der Waals surface area (Å²) in [6.07, 6.45) is 0.379. The van der Waals surface area contributed by atoms with Crippen molar-refractivity contribution in [3.05, 3.63) is 34.4 Å². The highest BCUT2D eigenvalue weighted by molar-refractivity contribution is 5.76. The van der Waals surface area contributed by atoms with Gasteiger partial charge in [-0.15, -0.1) is 0 Å². The SMILES string of the molecule is Cc1cc(C)c(CNC(=O)CC(C)N)c(C)c1. The van der Waals surface area contributed by atoms with E-state index in [1.165, 1.54) is 22.3 Å². The van der Waals surface area contributed by atoms with Crippen LogP contribution in [-0.2, 0) is 11.3 Å². The number of benzene rings is 1. The predicted molar refractivity (Wildman–Crippen MR) is 70.8 cm³/mol. The van der Waals surface area contributed by atoms with Gasteiger partial charge in [-0.2, -0.15) is 0 Å². The van der Waals surface area contributed by atoms with E-state index in [1.54, 1.807) is 0 Å². The molecule has 0 aliphatic heterocycles. The van der Waals surface area contributed by atoms with Crippen LogP contribution in [0.2, 0.25) is 0 Å². The summed E-state index contributed by atoms with van der Waals surface area (Å²) in [5, 5.41) is 2.91. The molecule has 0 radical (unpaired) electrons. The number of nitrogens with two attached hydrogens (primary N) is 1. The Morgan fingerprint density at radius 3 is 2.29 bits per heavy atom. The van der Waals surface area contributed by atoms with Crippen molar-refractivity contribution in [1.29, 1.82) is 0 Å². The summed E-state index contributed by atoms with van der Waals surface area (Å²) in [5.41, 5.74) is 10.5. The Kier molecular flexibility index (Phi) is 4.70. The van der Waals surface area contributed by atoms with Crippen molar-refractivity contribution in [3.8, 4) is 0 Å². The summed E-state index contributed by atoms with van der Waals surface area (Å²) in [6, 6.07) is 4.19. The quantitative estimate of drug-likeness (QED) is 0.836. The molecule has 0 saturated heterocycles. The number of amides is 1. The van der Waals surface area contributed by atoms with Gasteiger partial charge in [-0.25, -0.2) is 0 Å². The highest BCUT2D eigenvalue weighted by atomic mass is 16.1. The minimum Gasteiger partial charge on any atom is -0.352 e. The first-order valence-corrected chi connectivity index (χ1v) is 5.99. The average molecular weight is 234 g/mol. The highest BCUT2D eigenvalue weighted by Crippen LogP contribution is 2.15. The third kappa shape index (κ3) is 4.19. The van der Waals surface area contributed by atoms with Crippen LogP contribution in [0.5, 0.6) is 0 Å². The van der Waals surface area contributed by atoms with Gasteiger partial charge in [0.05, 0.1) is 0 Å². The van der Waals surface area contributed by atoms with Gasteiger partial charge in [0.1, 0.15) is 0 Å². The zero-order chi connectivity index (χ0) is 13.0. The second-order valence-corrected chi connectivity index (χ2v) is 4.84. The summed E-state index contributed by atoms with van der Waals surface area (Å²) in [4.78, 5) is 11.5. The molecule has 3 heteroatoms. The number of hydrogen-bond donors (Lipinski definition) is 2. The molecule has 0 aliphatic rings. The van der Waals surface area contributed by atoms with Crippen LogP contribution in [-0.4, -0.2) is 11.9 Å². The maximum Gasteiger partial charge on any atom is 0.221 e. The summed E-state index contributed by atoms with van der Waals surface area (Å²) < 4.78 is 0. The first-order chi connectivity index (χ1) is 7.90. The minimum absolute atomic E-state index is 0.0133. The largest absolute Gasteiger partial charge is 0.352 e. The Labute approximate surface area is 103 Å². The molecule has 1 atom stereocenters. The van der Waals surface area contributed by atoms with Gasteiger partial charge in [0.2, 0.25) is 5.91 Å². The summed E-state index contributed by atoms with van der Waals surface area (Å²) in [6.45, 7) is 8.66. The van der Waals surface area contributed by atoms with Gasteiger partial charge in [-0.1, -0.05) is 17.7 Å². The highest BCUT2D eigenvalue weighted by Gasteiger charge is 2.07. The number of carbonyl (C=O) groups is 1. The lowest BCUT2D eigenvalue weighted by Crippen LogP contribution is -2.29. The van der Waals surface area contributed by atoms with E-state index < -0.39 is 0 Å². The van der Waals surface area contributed by atoms with E-state index in [4.69, 9.17) is 5.73 Å². The fraction of sp³-hybridized carbons (Fsp3) is 0.500. The van der Waals surface area contributed by atoms with Crippen molar-refractivity contribution in [2.24, 2.45) is 5.73 Å². The van der Waals surface area contributed by atoms with Gasteiger partial charge < -0.3 is 11.1 Å². The van der Waals surface area contributed by atoms with Crippen molar-refractivity contribution >= 4 is 5.91 Å². The van der Waals surface area contributed by atoms with Crippen LogP contribution in [0.15, 0.2) is 12.1 Å². The molecule has 1 amide bonds. The van der Waals surface area contributed by atoms with Gasteiger partial charge in [0, 0.05) is 19.0 Å². The average Bonchev–Trinajstić information content (AvgIpc) is 2.14. The fourth-order valence-corrected chi connectivity index (χ4v) is 2.04. The third-order valence-corrected chi connectivity index (χ3v) is 2.81. The van der Waals surface area contributed by atoms with E-state index in [0.717, 1.165) is 0 Å². The van der Waals surface area contributed by atoms with Crippen molar-refractivity contribution in [1.82, 2.24) is 5.32 Å². The minimum atomic E-state index is -0.0878. The smallest absolute Gasteiger partial charge is 0.221 e. The molecule has 3 nitrogen and oxygen atoms in total. The second kappa shape index (κ2) is 5.82. The number of rotatable bonds is 4. The molecule has 0 saturated carbocycles. The van der Waals surface area contributed by atoms with Gasteiger partial charge in [-0.3, -0.25) is 4.79 Å². The van der Waals surface area contributed by atoms with Crippen LogP contribution in [0.1, 0.15) is 35.6 Å². The van der Waals surface area contributed by atoms with Crippen LogP contribution in [0, 0.1) is 20.8 Å². The molecule has 0 aromatic heterocycles. The van der Waals surface area contributed by atoms with Crippen LogP contribution < -0.4 is 11.1 Å². The molecule has 1 rings (SSSR count). The molecule has 17 heavy (non-hydrogen) atoms. The monoisotopic (exact) mass is 234 g/mol. The second-order valence-electron chi connectivity index (χ2n) is 4.84. The van der Waals surface area contributed by atoms with E-state index in [2.05, 4.69) is 38.2 Å². The van der Waals surface area contributed by atoms with Gasteiger partial charge in [0.25, 0.3) is 0 Å². The molecular formula is C14H22N2O. The normalized spacial score (nSPS) is 12.3. The molecule has 94 valence electrons. The van der Waals surface area contributed by atoms with Crippen LogP contribution in [0.3, 0.4) is 0 Å². The molecule has 1 unspecified atom stereocenters. The molecule has 1 aromatic carbocycles. The maximum atomic E-state index is 11.5. The number of nitrogens with one attached hydrogen (secondary N) is 1. The van der Waals surface area contributed by atoms with E-state index in [-0.39, 0.29) is 11.9 Å². The van der Waals surface area contributed by atoms with Gasteiger partial charge in [0.15, 0.2) is 0 Å². The lowest BCUT2D eigenvalue weighted by molar-refractivity contribution is -0.121. The Hall–Kier alpha value is -1.35. The Balaban J connectivity index is 2.67. The molecule has 0 bridgehead atoms. The van der Waals surface area contributed by atoms with Crippen molar-refractivity contribution in [2.45, 2.75) is 46.7 Å². The van der Waals surface area contributed by atoms with E-state index in [0.29, 0.717) is 13.0 Å². The molecule has 0 aliphatic carbocycles. The van der Waals surface area contributed by atoms with Crippen LogP contribution in [0.4, 0.5) is 0 Å². The first kappa shape index (κ1) is 13.7. The molecule has 3 N–H and O–H groups in total. The molecule has 1 aromatic rings. The van der Waals surface area contributed by atoms with E-state index in [9.17, 15) is 4.79 Å². The maximum absolute atomic E-state index is 11.5. The van der Waals surface area contributed by atoms with Crippen molar-refractivity contribution in [2.75, 3.05) is 0 Å². The van der Waals surface area contributed by atoms with Gasteiger partial charge >= 0.3 is 0 Å². The topological polar surface area (TPSA) is 55.1 Å². The van der Waals surface area contributed by atoms with Crippen molar-refractivity contribution in [3.63, 3.8) is 0 Å².